The fraction of sp³-hybridized carbons (Fsp3) is 0.750. The maximum absolute atomic E-state index is 11.9. The lowest BCUT2D eigenvalue weighted by Crippen LogP contribution is -2.38. The van der Waals surface area contributed by atoms with Crippen LogP contribution in [0.5, 0.6) is 0 Å². The number of aromatic nitrogens is 1. The lowest BCUT2D eigenvalue weighted by atomic mass is 9.93. The molecule has 0 bridgehead atoms. The number of aliphatic hydroxyl groups is 1. The molecule has 1 rings (SSSR count). The van der Waals surface area contributed by atoms with E-state index in [2.05, 4.69) is 36.4 Å². The normalized spacial score (nSPS) is 14.7. The summed E-state index contributed by atoms with van der Waals surface area (Å²) in [6.45, 7) is 12.7. The number of thiazole rings is 1. The zero-order chi connectivity index (χ0) is 16.9. The summed E-state index contributed by atoms with van der Waals surface area (Å²) in [7, 11) is 0. The molecule has 5 nitrogen and oxygen atoms in total. The van der Waals surface area contributed by atoms with Crippen LogP contribution in [0.2, 0.25) is 0 Å². The van der Waals surface area contributed by atoms with Gasteiger partial charge in [-0.2, -0.15) is 0 Å². The fourth-order valence-electron chi connectivity index (χ4n) is 1.81. The van der Waals surface area contributed by atoms with E-state index < -0.39 is 0 Å². The Hall–Kier alpha value is -1.14. The lowest BCUT2D eigenvalue weighted by Gasteiger charge is -2.17. The molecule has 0 saturated heterocycles. The maximum Gasteiger partial charge on any atom is 0.315 e. The van der Waals surface area contributed by atoms with Gasteiger partial charge in [-0.1, -0.05) is 34.6 Å². The molecule has 0 saturated carbocycles. The van der Waals surface area contributed by atoms with Crippen molar-refractivity contribution >= 4 is 17.4 Å². The Kier molecular flexibility index (Phi) is 6.81. The van der Waals surface area contributed by atoms with Crippen molar-refractivity contribution in [1.82, 2.24) is 15.6 Å². The molecule has 22 heavy (non-hydrogen) atoms. The van der Waals surface area contributed by atoms with Crippen molar-refractivity contribution in [2.24, 2.45) is 5.92 Å². The number of hydrogen-bond acceptors (Lipinski definition) is 4. The summed E-state index contributed by atoms with van der Waals surface area (Å²) in [6, 6.07) is -0.355. The minimum Gasteiger partial charge on any atom is -0.393 e. The molecule has 0 fully saturated rings. The van der Waals surface area contributed by atoms with Gasteiger partial charge in [-0.3, -0.25) is 0 Å². The molecule has 2 unspecified atom stereocenters. The Balaban J connectivity index is 2.43. The SMILES string of the molecule is CC(NC(=O)NCCC(O)C(C)C)c1nc(C(C)(C)C)cs1. The third kappa shape index (κ3) is 5.93. The van der Waals surface area contributed by atoms with Gasteiger partial charge in [0.25, 0.3) is 0 Å². The van der Waals surface area contributed by atoms with Gasteiger partial charge in [0, 0.05) is 17.3 Å². The average molecular weight is 327 g/mol. The van der Waals surface area contributed by atoms with E-state index in [9.17, 15) is 9.90 Å². The highest BCUT2D eigenvalue weighted by molar-refractivity contribution is 7.09. The lowest BCUT2D eigenvalue weighted by molar-refractivity contribution is 0.116. The Morgan fingerprint density at radius 2 is 2.00 bits per heavy atom. The number of carbonyl (C=O) groups is 1. The van der Waals surface area contributed by atoms with E-state index in [-0.39, 0.29) is 29.5 Å². The van der Waals surface area contributed by atoms with Crippen molar-refractivity contribution in [3.63, 3.8) is 0 Å². The van der Waals surface area contributed by atoms with E-state index in [4.69, 9.17) is 0 Å². The Morgan fingerprint density at radius 3 is 2.50 bits per heavy atom. The molecule has 0 aliphatic heterocycles. The summed E-state index contributed by atoms with van der Waals surface area (Å²) in [5, 5.41) is 18.3. The molecule has 1 aromatic rings. The highest BCUT2D eigenvalue weighted by Crippen LogP contribution is 2.26. The second kappa shape index (κ2) is 7.92. The molecule has 2 atom stereocenters. The highest BCUT2D eigenvalue weighted by Gasteiger charge is 2.20. The first-order valence-corrected chi connectivity index (χ1v) is 8.67. The highest BCUT2D eigenvalue weighted by atomic mass is 32.1. The quantitative estimate of drug-likeness (QED) is 0.751. The number of rotatable bonds is 6. The van der Waals surface area contributed by atoms with E-state index in [0.29, 0.717) is 13.0 Å². The predicted octanol–water partition coefficient (Wildman–Crippen LogP) is 3.21. The van der Waals surface area contributed by atoms with E-state index in [0.717, 1.165) is 10.7 Å². The first-order chi connectivity index (χ1) is 10.1. The standard InChI is InChI=1S/C16H29N3O2S/c1-10(2)12(20)7-8-17-15(21)18-11(3)14-19-13(9-22-14)16(4,5)6/h9-12,20H,7-8H2,1-6H3,(H2,17,18,21). The topological polar surface area (TPSA) is 74.2 Å². The minimum atomic E-state index is -0.383. The van der Waals surface area contributed by atoms with E-state index >= 15 is 0 Å². The zero-order valence-corrected chi connectivity index (χ0v) is 15.3. The number of nitrogens with zero attached hydrogens (tertiary/aromatic N) is 1. The third-order valence-electron chi connectivity index (χ3n) is 3.50. The smallest absolute Gasteiger partial charge is 0.315 e. The number of urea groups is 1. The van der Waals surface area contributed by atoms with Gasteiger partial charge in [-0.05, 0) is 19.3 Å². The Bertz CT molecular complexity index is 480. The van der Waals surface area contributed by atoms with Gasteiger partial charge in [0.15, 0.2) is 0 Å². The molecule has 3 N–H and O–H groups in total. The summed E-state index contributed by atoms with van der Waals surface area (Å²) < 4.78 is 0. The molecule has 1 aromatic heterocycles. The number of amides is 2. The largest absolute Gasteiger partial charge is 0.393 e. The third-order valence-corrected chi connectivity index (χ3v) is 4.53. The van der Waals surface area contributed by atoms with Crippen molar-refractivity contribution in [3.05, 3.63) is 16.1 Å². The van der Waals surface area contributed by atoms with Crippen molar-refractivity contribution in [1.29, 1.82) is 0 Å². The van der Waals surface area contributed by atoms with Gasteiger partial charge in [0.2, 0.25) is 0 Å². The van der Waals surface area contributed by atoms with Crippen molar-refractivity contribution in [2.45, 2.75) is 65.5 Å². The van der Waals surface area contributed by atoms with Crippen LogP contribution in [-0.4, -0.2) is 28.8 Å². The van der Waals surface area contributed by atoms with Crippen molar-refractivity contribution in [3.8, 4) is 0 Å². The van der Waals surface area contributed by atoms with Gasteiger partial charge in [-0.25, -0.2) is 9.78 Å². The number of carbonyl (C=O) groups excluding carboxylic acids is 1. The minimum absolute atomic E-state index is 0.0176. The Morgan fingerprint density at radius 1 is 1.36 bits per heavy atom. The number of nitrogens with one attached hydrogen (secondary N) is 2. The van der Waals surface area contributed by atoms with Crippen molar-refractivity contribution in [2.75, 3.05) is 6.54 Å². The molecular weight excluding hydrogens is 298 g/mol. The van der Waals surface area contributed by atoms with Crippen LogP contribution in [0.25, 0.3) is 0 Å². The molecule has 126 valence electrons. The van der Waals surface area contributed by atoms with Crippen molar-refractivity contribution < 1.29 is 9.90 Å². The van der Waals surface area contributed by atoms with Gasteiger partial charge in [0.05, 0.1) is 17.8 Å². The molecule has 0 spiro atoms. The molecule has 0 radical (unpaired) electrons. The van der Waals surface area contributed by atoms with Crippen LogP contribution in [0, 0.1) is 5.92 Å². The first kappa shape index (κ1) is 18.9. The van der Waals surface area contributed by atoms with E-state index in [1.54, 1.807) is 11.3 Å². The predicted molar refractivity (Wildman–Crippen MR) is 91.2 cm³/mol. The van der Waals surface area contributed by atoms with Crippen LogP contribution in [0.15, 0.2) is 5.38 Å². The summed E-state index contributed by atoms with van der Waals surface area (Å²) in [6.07, 6.45) is 0.177. The fourth-order valence-corrected chi connectivity index (χ4v) is 2.86. The van der Waals surface area contributed by atoms with Gasteiger partial charge in [0.1, 0.15) is 5.01 Å². The van der Waals surface area contributed by atoms with Crippen LogP contribution >= 0.6 is 11.3 Å². The summed E-state index contributed by atoms with van der Waals surface area (Å²) in [5.41, 5.74) is 1.06. The van der Waals surface area contributed by atoms with Crippen LogP contribution in [-0.2, 0) is 5.41 Å². The molecule has 6 heteroatoms. The summed E-state index contributed by atoms with van der Waals surface area (Å²) in [5.74, 6) is 0.204. The van der Waals surface area contributed by atoms with E-state index in [1.165, 1.54) is 0 Å². The molecule has 0 aliphatic rings. The molecular formula is C16H29N3O2S. The van der Waals surface area contributed by atoms with Crippen LogP contribution in [0.1, 0.15) is 64.7 Å². The molecule has 1 heterocycles. The molecule has 0 aromatic carbocycles. The molecule has 2 amide bonds. The van der Waals surface area contributed by atoms with Crippen LogP contribution < -0.4 is 10.6 Å². The Labute approximate surface area is 137 Å². The number of aliphatic hydroxyl groups excluding tert-OH is 1. The monoisotopic (exact) mass is 327 g/mol. The first-order valence-electron chi connectivity index (χ1n) is 7.79. The average Bonchev–Trinajstić information content (AvgIpc) is 2.87. The number of hydrogen-bond donors (Lipinski definition) is 3. The second-order valence-electron chi connectivity index (χ2n) is 7.04. The molecule has 0 aliphatic carbocycles. The second-order valence-corrected chi connectivity index (χ2v) is 7.93. The summed E-state index contributed by atoms with van der Waals surface area (Å²) >= 11 is 1.57. The maximum atomic E-state index is 11.9. The van der Waals surface area contributed by atoms with E-state index in [1.807, 2.05) is 26.2 Å². The summed E-state index contributed by atoms with van der Waals surface area (Å²) in [4.78, 5) is 16.5. The van der Waals surface area contributed by atoms with Gasteiger partial charge < -0.3 is 15.7 Å². The van der Waals surface area contributed by atoms with Gasteiger partial charge in [-0.15, -0.1) is 11.3 Å². The van der Waals surface area contributed by atoms with Gasteiger partial charge >= 0.3 is 6.03 Å². The van der Waals surface area contributed by atoms with Crippen LogP contribution in [0.3, 0.4) is 0 Å². The zero-order valence-electron chi connectivity index (χ0n) is 14.4. The van der Waals surface area contributed by atoms with Crippen LogP contribution in [0.4, 0.5) is 4.79 Å².